The second-order valence-corrected chi connectivity index (χ2v) is 9.66. The molecule has 1 aliphatic rings. The van der Waals surface area contributed by atoms with Crippen molar-refractivity contribution in [2.45, 2.75) is 68.6 Å². The monoisotopic (exact) mass is 428 g/mol. The molecular weight excluding hydrogens is 396 g/mol. The average Bonchev–Trinajstić information content (AvgIpc) is 2.71. The zero-order valence-electron chi connectivity index (χ0n) is 17.8. The van der Waals surface area contributed by atoms with Gasteiger partial charge in [-0.25, -0.2) is 0 Å². The van der Waals surface area contributed by atoms with Crippen LogP contribution in [0.15, 0.2) is 47.4 Å². The number of aromatic hydroxyl groups is 2. The van der Waals surface area contributed by atoms with Crippen LogP contribution in [-0.4, -0.2) is 27.0 Å². The summed E-state index contributed by atoms with van der Waals surface area (Å²) in [6.45, 7) is 4.52. The number of hydrogen-bond donors (Lipinski definition) is 3. The first-order valence-electron chi connectivity index (χ1n) is 10.8. The van der Waals surface area contributed by atoms with Crippen molar-refractivity contribution in [2.75, 3.05) is 5.75 Å². The minimum absolute atomic E-state index is 0.116. The lowest BCUT2D eigenvalue weighted by Gasteiger charge is -2.47. The van der Waals surface area contributed by atoms with Crippen molar-refractivity contribution in [3.8, 4) is 11.5 Å². The molecule has 0 saturated heterocycles. The average molecular weight is 429 g/mol. The lowest BCUT2D eigenvalue weighted by molar-refractivity contribution is -0.137. The first-order chi connectivity index (χ1) is 14.3. The maximum absolute atomic E-state index is 10.9. The molecule has 30 heavy (non-hydrogen) atoms. The fraction of sp³-hybridized carbons (Fsp3) is 0.480. The molecule has 1 aliphatic heterocycles. The molecule has 0 aliphatic carbocycles. The lowest BCUT2D eigenvalue weighted by atomic mass is 9.62. The van der Waals surface area contributed by atoms with Gasteiger partial charge in [0.1, 0.15) is 11.5 Å². The van der Waals surface area contributed by atoms with E-state index < -0.39 is 5.97 Å². The quantitative estimate of drug-likeness (QED) is 0.408. The van der Waals surface area contributed by atoms with Crippen LogP contribution in [0.5, 0.6) is 11.5 Å². The van der Waals surface area contributed by atoms with Crippen molar-refractivity contribution in [1.29, 1.82) is 0 Å². The molecule has 4 nitrogen and oxygen atoms in total. The zero-order chi connectivity index (χ0) is 21.7. The number of rotatable bonds is 9. The summed E-state index contributed by atoms with van der Waals surface area (Å²) in [5.74, 6) is 1.42. The molecule has 0 amide bonds. The highest BCUT2D eigenvalue weighted by Crippen LogP contribution is 2.55. The number of aliphatic carboxylic acids is 1. The summed E-state index contributed by atoms with van der Waals surface area (Å²) in [7, 11) is 0. The third kappa shape index (κ3) is 4.94. The van der Waals surface area contributed by atoms with Crippen LogP contribution in [0.3, 0.4) is 0 Å². The van der Waals surface area contributed by atoms with Gasteiger partial charge in [0.15, 0.2) is 0 Å². The van der Waals surface area contributed by atoms with E-state index in [-0.39, 0.29) is 23.5 Å². The van der Waals surface area contributed by atoms with Crippen LogP contribution in [0.25, 0.3) is 0 Å². The zero-order valence-corrected chi connectivity index (χ0v) is 18.6. The second-order valence-electron chi connectivity index (χ2n) is 8.64. The molecule has 3 rings (SSSR count). The van der Waals surface area contributed by atoms with Gasteiger partial charge in [0.2, 0.25) is 0 Å². The van der Waals surface area contributed by atoms with E-state index in [9.17, 15) is 15.0 Å². The summed E-state index contributed by atoms with van der Waals surface area (Å²) in [6, 6.07) is 13.3. The van der Waals surface area contributed by atoms with Crippen molar-refractivity contribution in [1.82, 2.24) is 0 Å². The van der Waals surface area contributed by atoms with E-state index in [0.717, 1.165) is 36.3 Å². The van der Waals surface area contributed by atoms with Gasteiger partial charge in [0, 0.05) is 22.5 Å². The Bertz CT molecular complexity index is 864. The normalized spacial score (nSPS) is 21.7. The molecule has 0 saturated carbocycles. The van der Waals surface area contributed by atoms with Gasteiger partial charge in [-0.3, -0.25) is 4.79 Å². The summed E-state index contributed by atoms with van der Waals surface area (Å²) < 4.78 is 0. The molecule has 0 radical (unpaired) electrons. The molecule has 0 fully saturated rings. The third-order valence-corrected chi connectivity index (χ3v) is 7.83. The summed E-state index contributed by atoms with van der Waals surface area (Å²) in [5, 5.41) is 28.8. The van der Waals surface area contributed by atoms with Gasteiger partial charge < -0.3 is 15.3 Å². The van der Waals surface area contributed by atoms with E-state index in [1.807, 2.05) is 18.2 Å². The predicted molar refractivity (Wildman–Crippen MR) is 122 cm³/mol. The molecule has 162 valence electrons. The minimum atomic E-state index is -0.731. The van der Waals surface area contributed by atoms with E-state index >= 15 is 0 Å². The predicted octanol–water partition coefficient (Wildman–Crippen LogP) is 6.31. The number of hydrogen-bond acceptors (Lipinski definition) is 4. The minimum Gasteiger partial charge on any atom is -0.508 e. The van der Waals surface area contributed by atoms with Crippen LogP contribution in [0.4, 0.5) is 0 Å². The summed E-state index contributed by atoms with van der Waals surface area (Å²) in [6.07, 6.45) is 4.97. The number of carbonyl (C=O) groups is 1. The molecule has 2 aromatic rings. The van der Waals surface area contributed by atoms with E-state index in [2.05, 4.69) is 19.9 Å². The van der Waals surface area contributed by atoms with E-state index in [1.165, 1.54) is 11.1 Å². The Labute approximate surface area is 183 Å². The molecule has 3 N–H and O–H groups in total. The van der Waals surface area contributed by atoms with E-state index in [0.29, 0.717) is 18.1 Å². The smallest absolute Gasteiger partial charge is 0.303 e. The first kappa shape index (κ1) is 22.5. The standard InChI is InChI=1S/C25H32O4S/c1-3-6-17(7-4-5-8-23(28)29)24-21-14-13-20(27)15-22(21)30-16-25(24,2)18-9-11-19(26)12-10-18/h9-15,17,24,26-27H,3-8,16H2,1-2H3,(H,28,29). The van der Waals surface area contributed by atoms with Gasteiger partial charge in [0.25, 0.3) is 0 Å². The Morgan fingerprint density at radius 1 is 1.10 bits per heavy atom. The van der Waals surface area contributed by atoms with E-state index in [1.54, 1.807) is 30.0 Å². The van der Waals surface area contributed by atoms with Crippen LogP contribution in [0, 0.1) is 5.92 Å². The molecule has 0 bridgehead atoms. The number of thioether (sulfide) groups is 1. The highest BCUT2D eigenvalue weighted by atomic mass is 32.2. The molecule has 3 unspecified atom stereocenters. The van der Waals surface area contributed by atoms with Crippen LogP contribution in [0.1, 0.15) is 69.4 Å². The molecule has 2 aromatic carbocycles. The number of fused-ring (bicyclic) bond motifs is 1. The van der Waals surface area contributed by atoms with Gasteiger partial charge in [-0.15, -0.1) is 11.8 Å². The third-order valence-electron chi connectivity index (χ3n) is 6.42. The van der Waals surface area contributed by atoms with Gasteiger partial charge in [-0.1, -0.05) is 51.3 Å². The second kappa shape index (κ2) is 9.78. The highest BCUT2D eigenvalue weighted by Gasteiger charge is 2.44. The van der Waals surface area contributed by atoms with Crippen LogP contribution in [0.2, 0.25) is 0 Å². The fourth-order valence-corrected chi connectivity index (χ4v) is 6.34. The Morgan fingerprint density at radius 2 is 1.80 bits per heavy atom. The maximum atomic E-state index is 10.9. The van der Waals surface area contributed by atoms with Gasteiger partial charge in [0.05, 0.1) is 0 Å². The number of phenols is 2. The van der Waals surface area contributed by atoms with Gasteiger partial charge in [-0.05, 0) is 60.1 Å². The molecular formula is C25H32O4S. The molecule has 0 aromatic heterocycles. The van der Waals surface area contributed by atoms with Crippen molar-refractivity contribution >= 4 is 17.7 Å². The van der Waals surface area contributed by atoms with Crippen LogP contribution >= 0.6 is 11.8 Å². The molecule has 3 atom stereocenters. The molecule has 0 spiro atoms. The number of benzene rings is 2. The summed E-state index contributed by atoms with van der Waals surface area (Å²) >= 11 is 1.78. The summed E-state index contributed by atoms with van der Waals surface area (Å²) in [4.78, 5) is 12.1. The van der Waals surface area contributed by atoms with Crippen molar-refractivity contribution in [3.05, 3.63) is 53.6 Å². The van der Waals surface area contributed by atoms with Crippen molar-refractivity contribution in [3.63, 3.8) is 0 Å². The largest absolute Gasteiger partial charge is 0.508 e. The van der Waals surface area contributed by atoms with Crippen molar-refractivity contribution < 1.29 is 20.1 Å². The number of carboxylic acids is 1. The molecule has 1 heterocycles. The van der Waals surface area contributed by atoms with Crippen molar-refractivity contribution in [2.24, 2.45) is 5.92 Å². The Balaban J connectivity index is 2.00. The Morgan fingerprint density at radius 3 is 2.47 bits per heavy atom. The van der Waals surface area contributed by atoms with Gasteiger partial charge in [-0.2, -0.15) is 0 Å². The van der Waals surface area contributed by atoms with Gasteiger partial charge >= 0.3 is 5.97 Å². The fourth-order valence-electron chi connectivity index (χ4n) is 4.98. The Hall–Kier alpha value is -2.14. The topological polar surface area (TPSA) is 77.8 Å². The summed E-state index contributed by atoms with van der Waals surface area (Å²) in [5.41, 5.74) is 2.37. The first-order valence-corrected chi connectivity index (χ1v) is 11.8. The van der Waals surface area contributed by atoms with Crippen LogP contribution in [-0.2, 0) is 10.2 Å². The van der Waals surface area contributed by atoms with E-state index in [4.69, 9.17) is 5.11 Å². The molecule has 5 heteroatoms. The number of carboxylic acid groups (broad SMARTS) is 1. The highest BCUT2D eigenvalue weighted by molar-refractivity contribution is 7.99. The SMILES string of the molecule is CCCC(CCCCC(=O)O)C1c2ccc(O)cc2SCC1(C)c1ccc(O)cc1. The van der Waals surface area contributed by atoms with Crippen LogP contribution < -0.4 is 0 Å². The number of unbranched alkanes of at least 4 members (excludes halogenated alkanes) is 1. The lowest BCUT2D eigenvalue weighted by Crippen LogP contribution is -2.40. The Kier molecular flexibility index (Phi) is 7.35. The maximum Gasteiger partial charge on any atom is 0.303 e. The number of phenolic OH excluding ortho intramolecular Hbond substituents is 2.